The van der Waals surface area contributed by atoms with Gasteiger partial charge in [-0.15, -0.1) is 0 Å². The number of nitrogens with one attached hydrogen (secondary N) is 1. The van der Waals surface area contributed by atoms with Crippen LogP contribution in [0.15, 0.2) is 24.3 Å². The third kappa shape index (κ3) is 47.8. The van der Waals surface area contributed by atoms with E-state index in [9.17, 15) is 19.8 Å². The van der Waals surface area contributed by atoms with E-state index in [0.29, 0.717) is 25.9 Å². The van der Waals surface area contributed by atoms with E-state index in [1.165, 1.54) is 205 Å². The molecule has 0 spiro atoms. The van der Waals surface area contributed by atoms with Crippen LogP contribution in [0.4, 0.5) is 0 Å². The zero-order chi connectivity index (χ0) is 45.1. The van der Waals surface area contributed by atoms with E-state index >= 15 is 0 Å². The lowest BCUT2D eigenvalue weighted by molar-refractivity contribution is -0.143. The van der Waals surface area contributed by atoms with E-state index in [0.717, 1.165) is 57.8 Å². The highest BCUT2D eigenvalue weighted by Crippen LogP contribution is 2.17. The van der Waals surface area contributed by atoms with Crippen LogP contribution < -0.4 is 5.32 Å². The summed E-state index contributed by atoms with van der Waals surface area (Å²) < 4.78 is 5.46. The van der Waals surface area contributed by atoms with E-state index in [1.54, 1.807) is 0 Å². The topological polar surface area (TPSA) is 95.9 Å². The van der Waals surface area contributed by atoms with E-state index in [4.69, 9.17) is 4.74 Å². The van der Waals surface area contributed by atoms with Gasteiger partial charge in [0.1, 0.15) is 0 Å². The quantitative estimate of drug-likeness (QED) is 0.0321. The van der Waals surface area contributed by atoms with Crippen LogP contribution in [0.3, 0.4) is 0 Å². The fourth-order valence-electron chi connectivity index (χ4n) is 8.49. The Morgan fingerprint density at radius 3 is 1.26 bits per heavy atom. The molecule has 0 aliphatic carbocycles. The van der Waals surface area contributed by atoms with Crippen molar-refractivity contribution in [1.82, 2.24) is 5.32 Å². The lowest BCUT2D eigenvalue weighted by Crippen LogP contribution is -2.45. The molecule has 0 aliphatic rings. The number of rotatable bonds is 51. The van der Waals surface area contributed by atoms with Crippen LogP contribution in [0, 0.1) is 0 Å². The molecule has 1 amide bonds. The van der Waals surface area contributed by atoms with E-state index in [2.05, 4.69) is 43.5 Å². The summed E-state index contributed by atoms with van der Waals surface area (Å²) in [6, 6.07) is -0.548. The largest absolute Gasteiger partial charge is 0.466 e. The first kappa shape index (κ1) is 60.3. The van der Waals surface area contributed by atoms with Crippen LogP contribution in [0.1, 0.15) is 296 Å². The van der Waals surface area contributed by atoms with Gasteiger partial charge in [0, 0.05) is 12.8 Å². The SMILES string of the molecule is CCCCC/C=C\C/C=C\CCCCCCCC(=O)OCCCCCCCCCCCCCCCCCC(=O)NC(CO)C(O)CCCCCCCCCCCCCCCCC. The summed E-state index contributed by atoms with van der Waals surface area (Å²) in [5.74, 6) is -0.0561. The Labute approximate surface area is 386 Å². The Kier molecular flexibility index (Phi) is 50.6. The van der Waals surface area contributed by atoms with Gasteiger partial charge in [-0.25, -0.2) is 0 Å². The number of hydrogen-bond donors (Lipinski definition) is 3. The molecule has 0 rings (SSSR count). The maximum atomic E-state index is 12.5. The molecule has 0 aromatic rings. The molecule has 6 heteroatoms. The van der Waals surface area contributed by atoms with Gasteiger partial charge >= 0.3 is 5.97 Å². The number of unbranched alkanes of at least 4 members (excludes halogenated alkanes) is 36. The summed E-state index contributed by atoms with van der Waals surface area (Å²) in [4.78, 5) is 24.5. The molecule has 0 radical (unpaired) electrons. The summed E-state index contributed by atoms with van der Waals surface area (Å²) in [7, 11) is 0. The third-order valence-corrected chi connectivity index (χ3v) is 12.8. The highest BCUT2D eigenvalue weighted by Gasteiger charge is 2.20. The van der Waals surface area contributed by atoms with Crippen LogP contribution in [0.2, 0.25) is 0 Å². The summed E-state index contributed by atoms with van der Waals surface area (Å²) >= 11 is 0. The second-order valence-electron chi connectivity index (χ2n) is 18.9. The third-order valence-electron chi connectivity index (χ3n) is 12.8. The Balaban J connectivity index is 3.44. The Bertz CT molecular complexity index is 966. The second kappa shape index (κ2) is 52.0. The van der Waals surface area contributed by atoms with Crippen molar-refractivity contribution in [3.8, 4) is 0 Å². The standard InChI is InChI=1S/C56H107NO5/c1-3-5-7-9-11-13-15-17-20-24-28-32-36-40-44-48-54(59)53(52-58)57-55(60)49-45-41-37-33-29-25-22-19-23-27-31-35-39-43-47-51-62-56(61)50-46-42-38-34-30-26-21-18-16-14-12-10-8-6-4-2/h12,14,18,21,53-54,58-59H,3-11,13,15-17,19-20,22-52H2,1-2H3,(H,57,60)/b14-12-,21-18-. The molecule has 0 aliphatic heterocycles. The van der Waals surface area contributed by atoms with E-state index < -0.39 is 12.1 Å². The number of carbonyl (C=O) groups is 2. The number of aliphatic hydroxyl groups excluding tert-OH is 2. The molecule has 0 fully saturated rings. The van der Waals surface area contributed by atoms with Crippen LogP contribution in [-0.2, 0) is 14.3 Å². The zero-order valence-corrected chi connectivity index (χ0v) is 41.6. The van der Waals surface area contributed by atoms with Crippen LogP contribution in [0.5, 0.6) is 0 Å². The van der Waals surface area contributed by atoms with Gasteiger partial charge in [0.15, 0.2) is 0 Å². The summed E-state index contributed by atoms with van der Waals surface area (Å²) in [5.41, 5.74) is 0. The lowest BCUT2D eigenvalue weighted by atomic mass is 10.0. The Hall–Kier alpha value is -1.66. The molecule has 0 heterocycles. The number of aliphatic hydroxyl groups is 2. The average molecular weight is 874 g/mol. The number of allylic oxidation sites excluding steroid dienone is 4. The van der Waals surface area contributed by atoms with Gasteiger partial charge in [-0.05, 0) is 57.8 Å². The minimum absolute atomic E-state index is 0.0131. The molecule has 0 saturated carbocycles. The summed E-state index contributed by atoms with van der Waals surface area (Å²) in [6.07, 6.45) is 61.5. The summed E-state index contributed by atoms with van der Waals surface area (Å²) in [5, 5.41) is 23.2. The first-order valence-electron chi connectivity index (χ1n) is 27.6. The van der Waals surface area contributed by atoms with Gasteiger partial charge in [-0.3, -0.25) is 9.59 Å². The minimum Gasteiger partial charge on any atom is -0.466 e. The van der Waals surface area contributed by atoms with Gasteiger partial charge in [-0.1, -0.05) is 250 Å². The van der Waals surface area contributed by atoms with Crippen LogP contribution >= 0.6 is 0 Å². The molecular formula is C56H107NO5. The van der Waals surface area contributed by atoms with Gasteiger partial charge < -0.3 is 20.3 Å². The molecule has 3 N–H and O–H groups in total. The van der Waals surface area contributed by atoms with Gasteiger partial charge in [0.25, 0.3) is 0 Å². The predicted octanol–water partition coefficient (Wildman–Crippen LogP) is 16.7. The minimum atomic E-state index is -0.670. The normalized spacial score (nSPS) is 12.8. The number of carbonyl (C=O) groups excluding carboxylic acids is 2. The van der Waals surface area contributed by atoms with Crippen molar-refractivity contribution >= 4 is 11.9 Å². The van der Waals surface area contributed by atoms with Gasteiger partial charge in [-0.2, -0.15) is 0 Å². The molecule has 62 heavy (non-hydrogen) atoms. The van der Waals surface area contributed by atoms with Crippen molar-refractivity contribution in [2.45, 2.75) is 309 Å². The average Bonchev–Trinajstić information content (AvgIpc) is 3.27. The smallest absolute Gasteiger partial charge is 0.305 e. The highest BCUT2D eigenvalue weighted by atomic mass is 16.5. The highest BCUT2D eigenvalue weighted by molar-refractivity contribution is 5.76. The number of hydrogen-bond acceptors (Lipinski definition) is 5. The first-order valence-corrected chi connectivity index (χ1v) is 27.6. The van der Waals surface area contributed by atoms with Gasteiger partial charge in [0.05, 0.1) is 25.4 Å². The zero-order valence-electron chi connectivity index (χ0n) is 41.6. The molecule has 366 valence electrons. The number of amides is 1. The fraction of sp³-hybridized carbons (Fsp3) is 0.893. The van der Waals surface area contributed by atoms with Crippen molar-refractivity contribution in [3.63, 3.8) is 0 Å². The summed E-state index contributed by atoms with van der Waals surface area (Å²) in [6.45, 7) is 4.91. The van der Waals surface area contributed by atoms with Gasteiger partial charge in [0.2, 0.25) is 5.91 Å². The fourth-order valence-corrected chi connectivity index (χ4v) is 8.49. The molecule has 0 aromatic heterocycles. The monoisotopic (exact) mass is 874 g/mol. The second-order valence-corrected chi connectivity index (χ2v) is 18.9. The van der Waals surface area contributed by atoms with Crippen molar-refractivity contribution in [3.05, 3.63) is 24.3 Å². The molecule has 6 nitrogen and oxygen atoms in total. The Morgan fingerprint density at radius 1 is 0.452 bits per heavy atom. The van der Waals surface area contributed by atoms with Crippen LogP contribution in [0.25, 0.3) is 0 Å². The van der Waals surface area contributed by atoms with Crippen molar-refractivity contribution in [1.29, 1.82) is 0 Å². The maximum Gasteiger partial charge on any atom is 0.305 e. The van der Waals surface area contributed by atoms with Crippen molar-refractivity contribution in [2.75, 3.05) is 13.2 Å². The van der Waals surface area contributed by atoms with Crippen molar-refractivity contribution in [2.24, 2.45) is 0 Å². The van der Waals surface area contributed by atoms with Crippen LogP contribution in [-0.4, -0.2) is 47.4 Å². The van der Waals surface area contributed by atoms with E-state index in [1.807, 2.05) is 0 Å². The maximum absolute atomic E-state index is 12.5. The number of esters is 1. The Morgan fingerprint density at radius 2 is 0.806 bits per heavy atom. The lowest BCUT2D eigenvalue weighted by Gasteiger charge is -2.22. The first-order chi connectivity index (χ1) is 30.5. The molecule has 2 atom stereocenters. The number of ether oxygens (including phenoxy) is 1. The molecular weight excluding hydrogens is 767 g/mol. The van der Waals surface area contributed by atoms with E-state index in [-0.39, 0.29) is 18.5 Å². The molecule has 0 aromatic carbocycles. The molecule has 0 saturated heterocycles. The molecule has 0 bridgehead atoms. The molecule has 2 unspecified atom stereocenters. The predicted molar refractivity (Wildman–Crippen MR) is 269 cm³/mol. The van der Waals surface area contributed by atoms with Crippen molar-refractivity contribution < 1.29 is 24.5 Å².